The van der Waals surface area contributed by atoms with Crippen molar-refractivity contribution < 1.29 is 17.9 Å². The summed E-state index contributed by atoms with van der Waals surface area (Å²) in [5.74, 6) is 0.497. The number of nitrogens with zero attached hydrogens (tertiary/aromatic N) is 3. The molecule has 0 aliphatic carbocycles. The summed E-state index contributed by atoms with van der Waals surface area (Å²) in [5.41, 5.74) is 1.93. The Bertz CT molecular complexity index is 1270. The summed E-state index contributed by atoms with van der Waals surface area (Å²) >= 11 is 11.9. The Balaban J connectivity index is 1.48. The number of carbonyl (C=O) groups excluding carboxylic acids is 1. The van der Waals surface area contributed by atoms with Crippen LogP contribution in [0.1, 0.15) is 12.2 Å². The van der Waals surface area contributed by atoms with Crippen molar-refractivity contribution in [2.24, 2.45) is 7.05 Å². The van der Waals surface area contributed by atoms with Gasteiger partial charge in [0, 0.05) is 38.7 Å². The Labute approximate surface area is 196 Å². The molecule has 1 amide bonds. The smallest absolute Gasteiger partial charge is 0.243 e. The Morgan fingerprint density at radius 2 is 1.88 bits per heavy atom. The van der Waals surface area contributed by atoms with Crippen LogP contribution in [-0.2, 0) is 33.0 Å². The molecule has 3 aromatic rings. The van der Waals surface area contributed by atoms with Gasteiger partial charge in [0.1, 0.15) is 5.82 Å². The first-order valence-corrected chi connectivity index (χ1v) is 12.2. The summed E-state index contributed by atoms with van der Waals surface area (Å²) in [6.07, 6.45) is 0.597. The molecule has 170 valence electrons. The third-order valence-corrected chi connectivity index (χ3v) is 7.97. The number of ether oxygens (including phenoxy) is 1. The highest BCUT2D eigenvalue weighted by Crippen LogP contribution is 2.26. The molecule has 1 aliphatic heterocycles. The Morgan fingerprint density at radius 3 is 2.59 bits per heavy atom. The molecule has 0 unspecified atom stereocenters. The number of rotatable bonds is 6. The molecule has 32 heavy (non-hydrogen) atoms. The number of hydrogen-bond acceptors (Lipinski definition) is 5. The van der Waals surface area contributed by atoms with Crippen LogP contribution >= 0.6 is 23.2 Å². The highest BCUT2D eigenvalue weighted by molar-refractivity contribution is 7.89. The Kier molecular flexibility index (Phi) is 6.73. The summed E-state index contributed by atoms with van der Waals surface area (Å²) in [5, 5.41) is 3.56. The van der Waals surface area contributed by atoms with Gasteiger partial charge in [-0.3, -0.25) is 4.79 Å². The zero-order valence-electron chi connectivity index (χ0n) is 17.3. The van der Waals surface area contributed by atoms with E-state index in [1.165, 1.54) is 4.31 Å². The molecule has 2 heterocycles. The van der Waals surface area contributed by atoms with E-state index >= 15 is 0 Å². The largest absolute Gasteiger partial charge is 0.379 e. The number of nitrogens with one attached hydrogen (secondary N) is 1. The number of sulfonamides is 1. The number of fused-ring (bicyclic) bond motifs is 1. The summed E-state index contributed by atoms with van der Waals surface area (Å²) in [6.45, 7) is 1.45. The molecule has 0 saturated carbocycles. The monoisotopic (exact) mass is 496 g/mol. The van der Waals surface area contributed by atoms with E-state index in [0.717, 1.165) is 5.52 Å². The number of amides is 1. The Hall–Kier alpha value is -2.17. The number of imidazole rings is 1. The molecular weight excluding hydrogens is 475 g/mol. The maximum absolute atomic E-state index is 12.9. The van der Waals surface area contributed by atoms with Gasteiger partial charge in [0.15, 0.2) is 0 Å². The van der Waals surface area contributed by atoms with E-state index in [-0.39, 0.29) is 17.2 Å². The van der Waals surface area contributed by atoms with E-state index in [0.29, 0.717) is 59.8 Å². The normalized spacial score (nSPS) is 15.2. The molecule has 1 aliphatic rings. The molecule has 0 radical (unpaired) electrons. The van der Waals surface area contributed by atoms with Gasteiger partial charge in [0.25, 0.3) is 0 Å². The minimum atomic E-state index is -3.60. The maximum Gasteiger partial charge on any atom is 0.243 e. The lowest BCUT2D eigenvalue weighted by molar-refractivity contribution is -0.116. The lowest BCUT2D eigenvalue weighted by Gasteiger charge is -2.26. The number of anilines is 1. The SMILES string of the molecule is Cn1c(CCC(=O)Nc2ccc(Cl)c(Cl)c2)nc2cc(S(=O)(=O)N3CCOCC3)ccc21. The standard InChI is InChI=1S/C21H22Cl2N4O4S/c1-26-19-5-3-15(32(29,30)27-8-10-31-11-9-27)13-18(19)25-20(26)6-7-21(28)24-14-2-4-16(22)17(23)12-14/h2-5,12-13H,6-11H2,1H3,(H,24,28). The topological polar surface area (TPSA) is 93.5 Å². The molecule has 1 aromatic heterocycles. The second kappa shape index (κ2) is 9.36. The van der Waals surface area contributed by atoms with E-state index in [9.17, 15) is 13.2 Å². The van der Waals surface area contributed by atoms with Gasteiger partial charge >= 0.3 is 0 Å². The van der Waals surface area contributed by atoms with Crippen LogP contribution in [0.4, 0.5) is 5.69 Å². The number of halogens is 2. The zero-order chi connectivity index (χ0) is 22.9. The van der Waals surface area contributed by atoms with Crippen molar-refractivity contribution in [2.45, 2.75) is 17.7 Å². The quantitative estimate of drug-likeness (QED) is 0.563. The molecule has 0 atom stereocenters. The number of aromatic nitrogens is 2. The van der Waals surface area contributed by atoms with Gasteiger partial charge in [-0.1, -0.05) is 23.2 Å². The van der Waals surface area contributed by atoms with Crippen LogP contribution < -0.4 is 5.32 Å². The van der Waals surface area contributed by atoms with Crippen LogP contribution in [0.15, 0.2) is 41.3 Å². The van der Waals surface area contributed by atoms with Crippen molar-refractivity contribution in [3.63, 3.8) is 0 Å². The van der Waals surface area contributed by atoms with Crippen LogP contribution in [0.3, 0.4) is 0 Å². The van der Waals surface area contributed by atoms with Crippen LogP contribution in [0.25, 0.3) is 11.0 Å². The Morgan fingerprint density at radius 1 is 1.12 bits per heavy atom. The second-order valence-corrected chi connectivity index (χ2v) is 10.2. The number of benzene rings is 2. The van der Waals surface area contributed by atoms with Gasteiger partial charge in [-0.2, -0.15) is 4.31 Å². The summed E-state index contributed by atoms with van der Waals surface area (Å²) in [7, 11) is -1.76. The van der Waals surface area contributed by atoms with Crippen LogP contribution in [-0.4, -0.2) is 54.5 Å². The molecule has 0 bridgehead atoms. The van der Waals surface area contributed by atoms with Crippen molar-refractivity contribution in [1.82, 2.24) is 13.9 Å². The third kappa shape index (κ3) is 4.77. The average molecular weight is 497 g/mol. The molecule has 11 heteroatoms. The fourth-order valence-corrected chi connectivity index (χ4v) is 5.30. The van der Waals surface area contributed by atoms with E-state index in [1.807, 2.05) is 11.6 Å². The van der Waals surface area contributed by atoms with E-state index in [1.54, 1.807) is 36.4 Å². The van der Waals surface area contributed by atoms with E-state index < -0.39 is 10.0 Å². The van der Waals surface area contributed by atoms with Gasteiger partial charge in [0.05, 0.1) is 39.2 Å². The van der Waals surface area contributed by atoms with Gasteiger partial charge < -0.3 is 14.6 Å². The highest BCUT2D eigenvalue weighted by atomic mass is 35.5. The second-order valence-electron chi connectivity index (χ2n) is 7.43. The molecule has 2 aromatic carbocycles. The van der Waals surface area contributed by atoms with Crippen LogP contribution in [0.5, 0.6) is 0 Å². The molecule has 1 N–H and O–H groups in total. The van der Waals surface area contributed by atoms with Gasteiger partial charge in [-0.05, 0) is 36.4 Å². The molecule has 4 rings (SSSR count). The van der Waals surface area contributed by atoms with Crippen LogP contribution in [0.2, 0.25) is 10.0 Å². The summed E-state index contributed by atoms with van der Waals surface area (Å²) < 4.78 is 34.4. The maximum atomic E-state index is 12.9. The first-order chi connectivity index (χ1) is 15.3. The minimum Gasteiger partial charge on any atom is -0.379 e. The fraction of sp³-hybridized carbons (Fsp3) is 0.333. The number of hydrogen-bond donors (Lipinski definition) is 1. The average Bonchev–Trinajstić information content (AvgIpc) is 3.10. The predicted molar refractivity (Wildman–Crippen MR) is 124 cm³/mol. The third-order valence-electron chi connectivity index (χ3n) is 5.33. The first-order valence-electron chi connectivity index (χ1n) is 10.0. The zero-order valence-corrected chi connectivity index (χ0v) is 19.7. The van der Waals surface area contributed by atoms with Gasteiger partial charge in [-0.15, -0.1) is 0 Å². The molecule has 0 spiro atoms. The van der Waals surface area contributed by atoms with E-state index in [4.69, 9.17) is 27.9 Å². The number of morpholine rings is 1. The first kappa shape index (κ1) is 23.0. The summed E-state index contributed by atoms with van der Waals surface area (Å²) in [4.78, 5) is 17.1. The van der Waals surface area contributed by atoms with E-state index in [2.05, 4.69) is 10.3 Å². The lowest BCUT2D eigenvalue weighted by atomic mass is 10.2. The van der Waals surface area contributed by atoms with Crippen molar-refractivity contribution in [1.29, 1.82) is 0 Å². The van der Waals surface area contributed by atoms with Crippen molar-refractivity contribution in [3.05, 3.63) is 52.3 Å². The van der Waals surface area contributed by atoms with Gasteiger partial charge in [0.2, 0.25) is 15.9 Å². The highest BCUT2D eigenvalue weighted by Gasteiger charge is 2.27. The lowest BCUT2D eigenvalue weighted by Crippen LogP contribution is -2.40. The summed E-state index contributed by atoms with van der Waals surface area (Å²) in [6, 6.07) is 9.81. The number of carbonyl (C=O) groups is 1. The fourth-order valence-electron chi connectivity index (χ4n) is 3.57. The molecule has 1 saturated heterocycles. The van der Waals surface area contributed by atoms with Crippen molar-refractivity contribution in [2.75, 3.05) is 31.6 Å². The van der Waals surface area contributed by atoms with Gasteiger partial charge in [-0.25, -0.2) is 13.4 Å². The van der Waals surface area contributed by atoms with Crippen molar-refractivity contribution >= 4 is 55.9 Å². The van der Waals surface area contributed by atoms with Crippen molar-refractivity contribution in [3.8, 4) is 0 Å². The molecule has 1 fully saturated rings. The molecular formula is C21H22Cl2N4O4S. The molecule has 8 nitrogen and oxygen atoms in total. The van der Waals surface area contributed by atoms with Crippen LogP contribution in [0, 0.1) is 0 Å². The predicted octanol–water partition coefficient (Wildman–Crippen LogP) is 3.47. The minimum absolute atomic E-state index is 0.189. The number of aryl methyl sites for hydroxylation is 2.